The molecule has 84 valence electrons. The van der Waals surface area contributed by atoms with Crippen LogP contribution >= 0.6 is 0 Å². The molecule has 0 spiro atoms. The molecule has 1 aromatic rings. The van der Waals surface area contributed by atoms with Crippen molar-refractivity contribution >= 4 is 5.97 Å². The van der Waals surface area contributed by atoms with E-state index in [9.17, 15) is 4.79 Å². The maximum atomic E-state index is 10.4. The highest BCUT2D eigenvalue weighted by Gasteiger charge is 2.14. The monoisotopic (exact) mass is 213 g/mol. The minimum atomic E-state index is -1.33. The maximum absolute atomic E-state index is 10.4. The topological polar surface area (TPSA) is 88.2 Å². The van der Waals surface area contributed by atoms with Gasteiger partial charge in [-0.1, -0.05) is 13.8 Å². The number of aliphatic carboxylic acids is 1. The van der Waals surface area contributed by atoms with Crippen LogP contribution in [0.3, 0.4) is 0 Å². The molecule has 0 fully saturated rings. The van der Waals surface area contributed by atoms with Crippen molar-refractivity contribution in [3.05, 3.63) is 12.2 Å². The van der Waals surface area contributed by atoms with Crippen LogP contribution in [0.1, 0.15) is 32.0 Å². The summed E-state index contributed by atoms with van der Waals surface area (Å²) in [5, 5.41) is 25.3. The lowest BCUT2D eigenvalue weighted by molar-refractivity contribution is -0.147. The van der Waals surface area contributed by atoms with Gasteiger partial charge in [-0.2, -0.15) is 0 Å². The molecule has 0 bridgehead atoms. The molecule has 1 atom stereocenters. The Morgan fingerprint density at radius 1 is 1.60 bits per heavy atom. The zero-order valence-corrected chi connectivity index (χ0v) is 8.79. The summed E-state index contributed by atoms with van der Waals surface area (Å²) in [7, 11) is 0. The Morgan fingerprint density at radius 3 is 2.80 bits per heavy atom. The molecule has 15 heavy (non-hydrogen) atoms. The molecule has 1 heterocycles. The molecule has 0 saturated carbocycles. The van der Waals surface area contributed by atoms with E-state index < -0.39 is 12.1 Å². The van der Waals surface area contributed by atoms with Crippen molar-refractivity contribution in [2.45, 2.75) is 38.8 Å². The molecule has 2 N–H and O–H groups in total. The lowest BCUT2D eigenvalue weighted by atomic mass is 10.2. The van der Waals surface area contributed by atoms with E-state index in [1.165, 1.54) is 0 Å². The molecule has 0 aliphatic rings. The fraction of sp³-hybridized carbons (Fsp3) is 0.667. The SMILES string of the molecule is CC(C)c1nncn1CCC(O)C(=O)O. The summed E-state index contributed by atoms with van der Waals surface area (Å²) in [4.78, 5) is 10.4. The minimum absolute atomic E-state index is 0.160. The Bertz CT molecular complexity index is 335. The van der Waals surface area contributed by atoms with Gasteiger partial charge in [0.2, 0.25) is 0 Å². The van der Waals surface area contributed by atoms with Gasteiger partial charge in [0.15, 0.2) is 6.10 Å². The summed E-state index contributed by atoms with van der Waals surface area (Å²) < 4.78 is 1.76. The highest BCUT2D eigenvalue weighted by molar-refractivity contribution is 5.71. The van der Waals surface area contributed by atoms with Crippen LogP contribution in [0, 0.1) is 0 Å². The van der Waals surface area contributed by atoms with Crippen molar-refractivity contribution in [3.8, 4) is 0 Å². The summed E-state index contributed by atoms with van der Waals surface area (Å²) in [6, 6.07) is 0. The van der Waals surface area contributed by atoms with Crippen LogP contribution in [0.25, 0.3) is 0 Å². The van der Waals surface area contributed by atoms with Gasteiger partial charge in [0, 0.05) is 18.9 Å². The summed E-state index contributed by atoms with van der Waals surface area (Å²) in [5.41, 5.74) is 0. The quantitative estimate of drug-likeness (QED) is 0.731. The average Bonchev–Trinajstić information content (AvgIpc) is 2.61. The molecule has 0 amide bonds. The lowest BCUT2D eigenvalue weighted by Gasteiger charge is -2.10. The van der Waals surface area contributed by atoms with Gasteiger partial charge in [-0.05, 0) is 0 Å². The van der Waals surface area contributed by atoms with Gasteiger partial charge in [0.1, 0.15) is 12.2 Å². The first-order valence-electron chi connectivity index (χ1n) is 4.81. The highest BCUT2D eigenvalue weighted by Crippen LogP contribution is 2.11. The Labute approximate surface area is 87.6 Å². The molecule has 0 saturated heterocycles. The van der Waals surface area contributed by atoms with Crippen LogP contribution in [-0.4, -0.2) is 37.1 Å². The summed E-state index contributed by atoms with van der Waals surface area (Å²) in [6.07, 6.45) is 0.379. The van der Waals surface area contributed by atoms with Crippen molar-refractivity contribution in [2.24, 2.45) is 0 Å². The Hall–Kier alpha value is -1.43. The molecule has 1 aromatic heterocycles. The third kappa shape index (κ3) is 3.02. The first-order valence-corrected chi connectivity index (χ1v) is 4.81. The first-order chi connectivity index (χ1) is 7.02. The molecule has 0 aliphatic carbocycles. The lowest BCUT2D eigenvalue weighted by Crippen LogP contribution is -2.21. The number of aryl methyl sites for hydroxylation is 1. The molecule has 0 radical (unpaired) electrons. The number of aliphatic hydroxyl groups excluding tert-OH is 1. The van der Waals surface area contributed by atoms with E-state index in [0.717, 1.165) is 5.82 Å². The standard InChI is InChI=1S/C9H15N3O3/c1-6(2)8-11-10-5-12(8)4-3-7(13)9(14)15/h5-7,13H,3-4H2,1-2H3,(H,14,15). The van der Waals surface area contributed by atoms with Gasteiger partial charge < -0.3 is 14.8 Å². The molecule has 0 aromatic carbocycles. The zero-order valence-electron chi connectivity index (χ0n) is 8.79. The number of rotatable bonds is 5. The van der Waals surface area contributed by atoms with E-state index in [2.05, 4.69) is 10.2 Å². The highest BCUT2D eigenvalue weighted by atomic mass is 16.4. The molecule has 0 aliphatic heterocycles. The van der Waals surface area contributed by atoms with E-state index in [4.69, 9.17) is 10.2 Å². The second-order valence-corrected chi connectivity index (χ2v) is 3.68. The Balaban J connectivity index is 2.57. The van der Waals surface area contributed by atoms with Crippen LogP contribution in [-0.2, 0) is 11.3 Å². The first kappa shape index (κ1) is 11.6. The normalized spacial score (nSPS) is 13.1. The summed E-state index contributed by atoms with van der Waals surface area (Å²) >= 11 is 0. The number of carbonyl (C=O) groups is 1. The van der Waals surface area contributed by atoms with Gasteiger partial charge in [-0.15, -0.1) is 10.2 Å². The number of nitrogens with zero attached hydrogens (tertiary/aromatic N) is 3. The summed E-state index contributed by atoms with van der Waals surface area (Å²) in [6.45, 7) is 4.37. The van der Waals surface area contributed by atoms with Crippen LogP contribution in [0.2, 0.25) is 0 Å². The number of hydrogen-bond acceptors (Lipinski definition) is 4. The number of hydrogen-bond donors (Lipinski definition) is 2. The van der Waals surface area contributed by atoms with Gasteiger partial charge in [-0.3, -0.25) is 0 Å². The van der Waals surface area contributed by atoms with Gasteiger partial charge in [0.05, 0.1) is 0 Å². The minimum Gasteiger partial charge on any atom is -0.479 e. The second-order valence-electron chi connectivity index (χ2n) is 3.68. The number of aromatic nitrogens is 3. The largest absolute Gasteiger partial charge is 0.479 e. The third-order valence-corrected chi connectivity index (χ3v) is 2.09. The fourth-order valence-corrected chi connectivity index (χ4v) is 1.27. The second kappa shape index (κ2) is 4.88. The van der Waals surface area contributed by atoms with Crippen LogP contribution in [0.4, 0.5) is 0 Å². The van der Waals surface area contributed by atoms with Crippen LogP contribution in [0.5, 0.6) is 0 Å². The van der Waals surface area contributed by atoms with E-state index in [-0.39, 0.29) is 12.3 Å². The maximum Gasteiger partial charge on any atom is 0.332 e. The Morgan fingerprint density at radius 2 is 2.27 bits per heavy atom. The third-order valence-electron chi connectivity index (χ3n) is 2.09. The average molecular weight is 213 g/mol. The molecule has 1 rings (SSSR count). The fourth-order valence-electron chi connectivity index (χ4n) is 1.27. The van der Waals surface area contributed by atoms with Crippen molar-refractivity contribution in [2.75, 3.05) is 0 Å². The Kier molecular flexibility index (Phi) is 3.79. The number of carboxylic acid groups (broad SMARTS) is 1. The molecule has 1 unspecified atom stereocenters. The van der Waals surface area contributed by atoms with Crippen LogP contribution < -0.4 is 0 Å². The van der Waals surface area contributed by atoms with Crippen molar-refractivity contribution in [1.82, 2.24) is 14.8 Å². The van der Waals surface area contributed by atoms with Gasteiger partial charge >= 0.3 is 5.97 Å². The molecule has 6 nitrogen and oxygen atoms in total. The number of aliphatic hydroxyl groups is 1. The van der Waals surface area contributed by atoms with Crippen molar-refractivity contribution < 1.29 is 15.0 Å². The predicted molar refractivity (Wildman–Crippen MR) is 52.4 cm³/mol. The molecule has 6 heteroatoms. The number of carboxylic acids is 1. The van der Waals surface area contributed by atoms with Crippen LogP contribution in [0.15, 0.2) is 6.33 Å². The van der Waals surface area contributed by atoms with E-state index in [1.54, 1.807) is 10.9 Å². The zero-order chi connectivity index (χ0) is 11.4. The van der Waals surface area contributed by atoms with E-state index in [0.29, 0.717) is 6.54 Å². The predicted octanol–water partition coefficient (Wildman–Crippen LogP) is 0.237. The van der Waals surface area contributed by atoms with E-state index in [1.807, 2.05) is 13.8 Å². The molecular weight excluding hydrogens is 198 g/mol. The smallest absolute Gasteiger partial charge is 0.332 e. The summed E-state index contributed by atoms with van der Waals surface area (Å²) in [5.74, 6) is -0.170. The van der Waals surface area contributed by atoms with E-state index >= 15 is 0 Å². The van der Waals surface area contributed by atoms with Crippen molar-refractivity contribution in [3.63, 3.8) is 0 Å². The molecular formula is C9H15N3O3. The van der Waals surface area contributed by atoms with Gasteiger partial charge in [-0.25, -0.2) is 4.79 Å². The van der Waals surface area contributed by atoms with Gasteiger partial charge in [0.25, 0.3) is 0 Å². The van der Waals surface area contributed by atoms with Crippen molar-refractivity contribution in [1.29, 1.82) is 0 Å².